The van der Waals surface area contributed by atoms with Crippen LogP contribution in [-0.2, 0) is 17.7 Å². The summed E-state index contributed by atoms with van der Waals surface area (Å²) in [7, 11) is 0. The fraction of sp³-hybridized carbons (Fsp3) is 0.429. The SMILES string of the molecule is CCc1ccc(Cn2nnc3cccc(O[C@]4(O)[C@H](O)O[C@H](CO)[C@@H](O)[C@@H]4O)c32)cc1. The Hall–Kier alpha value is -2.60. The van der Waals surface area contributed by atoms with Crippen LogP contribution in [0.5, 0.6) is 5.75 Å². The quantitative estimate of drug-likeness (QED) is 0.327. The predicted molar refractivity (Wildman–Crippen MR) is 108 cm³/mol. The van der Waals surface area contributed by atoms with Gasteiger partial charge in [-0.15, -0.1) is 5.10 Å². The summed E-state index contributed by atoms with van der Waals surface area (Å²) < 4.78 is 12.2. The maximum Gasteiger partial charge on any atom is 0.288 e. The number of aryl methyl sites for hydroxylation is 1. The van der Waals surface area contributed by atoms with Crippen molar-refractivity contribution < 1.29 is 35.0 Å². The van der Waals surface area contributed by atoms with E-state index in [4.69, 9.17) is 9.47 Å². The van der Waals surface area contributed by atoms with Gasteiger partial charge in [-0.1, -0.05) is 42.5 Å². The topological polar surface area (TPSA) is 150 Å². The molecule has 3 aromatic rings. The predicted octanol–water partition coefficient (Wildman–Crippen LogP) is -0.459. The molecule has 0 aliphatic carbocycles. The number of nitrogens with zero attached hydrogens (tertiary/aromatic N) is 3. The summed E-state index contributed by atoms with van der Waals surface area (Å²) in [5.41, 5.74) is 3.08. The third-order valence-electron chi connectivity index (χ3n) is 5.50. The van der Waals surface area contributed by atoms with Crippen LogP contribution in [0.1, 0.15) is 18.1 Å². The number of para-hydroxylation sites is 1. The number of ether oxygens (including phenoxy) is 2. The van der Waals surface area contributed by atoms with Crippen molar-refractivity contribution in [2.24, 2.45) is 0 Å². The van der Waals surface area contributed by atoms with Crippen molar-refractivity contribution in [3.63, 3.8) is 0 Å². The van der Waals surface area contributed by atoms with Gasteiger partial charge in [0.25, 0.3) is 5.79 Å². The molecule has 1 fully saturated rings. The first-order valence-electron chi connectivity index (χ1n) is 9.99. The number of aliphatic hydroxyl groups excluding tert-OH is 4. The van der Waals surface area contributed by atoms with Crippen LogP contribution in [0.3, 0.4) is 0 Å². The number of fused-ring (bicyclic) bond motifs is 1. The van der Waals surface area contributed by atoms with Gasteiger partial charge in [-0.25, -0.2) is 4.68 Å². The fourth-order valence-electron chi connectivity index (χ4n) is 3.62. The van der Waals surface area contributed by atoms with Gasteiger partial charge in [0, 0.05) is 0 Å². The third kappa shape index (κ3) is 3.89. The van der Waals surface area contributed by atoms with Crippen molar-refractivity contribution in [1.82, 2.24) is 15.0 Å². The number of benzene rings is 2. The van der Waals surface area contributed by atoms with E-state index in [9.17, 15) is 25.5 Å². The lowest BCUT2D eigenvalue weighted by atomic mass is 9.96. The van der Waals surface area contributed by atoms with E-state index in [2.05, 4.69) is 17.2 Å². The van der Waals surface area contributed by atoms with Crippen LogP contribution in [0.4, 0.5) is 0 Å². The van der Waals surface area contributed by atoms with Crippen LogP contribution in [0.25, 0.3) is 11.0 Å². The third-order valence-corrected chi connectivity index (χ3v) is 5.50. The molecule has 5 atom stereocenters. The molecular formula is C21H25N3O7. The molecule has 4 rings (SSSR count). The minimum absolute atomic E-state index is 0.0755. The number of hydrogen-bond acceptors (Lipinski definition) is 9. The largest absolute Gasteiger partial charge is 0.452 e. The highest BCUT2D eigenvalue weighted by Crippen LogP contribution is 2.34. The van der Waals surface area contributed by atoms with Gasteiger partial charge in [-0.05, 0) is 29.7 Å². The second kappa shape index (κ2) is 8.50. The van der Waals surface area contributed by atoms with Gasteiger partial charge < -0.3 is 35.0 Å². The molecule has 31 heavy (non-hydrogen) atoms. The molecule has 5 N–H and O–H groups in total. The van der Waals surface area contributed by atoms with Gasteiger partial charge in [0.1, 0.15) is 23.2 Å². The zero-order valence-electron chi connectivity index (χ0n) is 16.9. The van der Waals surface area contributed by atoms with Crippen molar-refractivity contribution in [1.29, 1.82) is 0 Å². The number of aliphatic hydroxyl groups is 5. The summed E-state index contributed by atoms with van der Waals surface area (Å²) in [6, 6.07) is 12.9. The van der Waals surface area contributed by atoms with Gasteiger partial charge in [-0.2, -0.15) is 0 Å². The van der Waals surface area contributed by atoms with E-state index < -0.39 is 37.0 Å². The molecule has 2 aromatic carbocycles. The van der Waals surface area contributed by atoms with Crippen LogP contribution in [0.15, 0.2) is 42.5 Å². The normalized spacial score (nSPS) is 28.7. The highest BCUT2D eigenvalue weighted by molar-refractivity contribution is 5.81. The van der Waals surface area contributed by atoms with Gasteiger partial charge in [0.05, 0.1) is 13.2 Å². The molecule has 0 unspecified atom stereocenters. The van der Waals surface area contributed by atoms with Crippen LogP contribution >= 0.6 is 0 Å². The lowest BCUT2D eigenvalue weighted by Gasteiger charge is -2.45. The van der Waals surface area contributed by atoms with E-state index in [1.54, 1.807) is 16.8 Å². The van der Waals surface area contributed by atoms with Crippen molar-refractivity contribution in [2.45, 2.75) is 50.3 Å². The van der Waals surface area contributed by atoms with E-state index in [1.165, 1.54) is 11.6 Å². The minimum atomic E-state index is -2.68. The Morgan fingerprint density at radius 2 is 1.81 bits per heavy atom. The monoisotopic (exact) mass is 431 g/mol. The highest BCUT2D eigenvalue weighted by Gasteiger charge is 2.57. The molecule has 0 amide bonds. The van der Waals surface area contributed by atoms with Gasteiger partial charge in [0.15, 0.2) is 11.9 Å². The van der Waals surface area contributed by atoms with Crippen molar-refractivity contribution in [2.75, 3.05) is 6.61 Å². The van der Waals surface area contributed by atoms with E-state index in [0.29, 0.717) is 17.6 Å². The summed E-state index contributed by atoms with van der Waals surface area (Å²) in [5, 5.41) is 59.1. The lowest BCUT2D eigenvalue weighted by molar-refractivity contribution is -0.385. The van der Waals surface area contributed by atoms with Gasteiger partial charge in [0.2, 0.25) is 6.29 Å². The Bertz CT molecular complexity index is 1040. The first kappa shape index (κ1) is 21.6. The summed E-state index contributed by atoms with van der Waals surface area (Å²) in [4.78, 5) is 0. The average molecular weight is 431 g/mol. The zero-order valence-corrected chi connectivity index (χ0v) is 16.9. The van der Waals surface area contributed by atoms with Crippen LogP contribution in [-0.4, -0.2) is 77.5 Å². The summed E-state index contributed by atoms with van der Waals surface area (Å²) in [5.74, 6) is -2.61. The summed E-state index contributed by atoms with van der Waals surface area (Å²) in [6.07, 6.45) is -6.00. The Kier molecular flexibility index (Phi) is 5.93. The molecule has 1 saturated heterocycles. The molecule has 1 aliphatic heterocycles. The second-order valence-corrected chi connectivity index (χ2v) is 7.54. The molecule has 0 spiro atoms. The minimum Gasteiger partial charge on any atom is -0.452 e. The standard InChI is InChI=1S/C21H25N3O7/c1-2-12-6-8-13(9-7-12)10-24-17-14(22-23-24)4-3-5-15(17)31-21(29)19(27)18(26)16(11-25)30-20(21)28/h3-9,16,18-20,25-29H,2,10-11H2,1H3/t16-,18-,19+,20-,21+/m1/s1. The Morgan fingerprint density at radius 1 is 1.10 bits per heavy atom. The zero-order chi connectivity index (χ0) is 22.2. The molecule has 1 aromatic heterocycles. The first-order chi connectivity index (χ1) is 14.9. The molecule has 0 saturated carbocycles. The van der Waals surface area contributed by atoms with E-state index in [0.717, 1.165) is 12.0 Å². The molecule has 166 valence electrons. The number of hydrogen-bond donors (Lipinski definition) is 5. The maximum absolute atomic E-state index is 10.8. The van der Waals surface area contributed by atoms with E-state index >= 15 is 0 Å². The summed E-state index contributed by atoms with van der Waals surface area (Å²) in [6.45, 7) is 1.79. The van der Waals surface area contributed by atoms with Crippen molar-refractivity contribution >= 4 is 11.0 Å². The Labute approximate surface area is 177 Å². The molecule has 1 aliphatic rings. The Morgan fingerprint density at radius 3 is 2.48 bits per heavy atom. The molecule has 10 heteroatoms. The van der Waals surface area contributed by atoms with Crippen molar-refractivity contribution in [3.8, 4) is 5.75 Å². The molecular weight excluding hydrogens is 406 g/mol. The fourth-order valence-corrected chi connectivity index (χ4v) is 3.62. The highest BCUT2D eigenvalue weighted by atomic mass is 16.7. The van der Waals surface area contributed by atoms with Crippen LogP contribution in [0.2, 0.25) is 0 Å². The molecule has 0 bridgehead atoms. The van der Waals surface area contributed by atoms with Crippen LogP contribution in [0, 0.1) is 0 Å². The number of rotatable bonds is 6. The Balaban J connectivity index is 1.67. The van der Waals surface area contributed by atoms with E-state index in [-0.39, 0.29) is 5.75 Å². The molecule has 10 nitrogen and oxygen atoms in total. The molecule has 2 heterocycles. The molecule has 0 radical (unpaired) electrons. The average Bonchev–Trinajstić information content (AvgIpc) is 3.19. The van der Waals surface area contributed by atoms with Gasteiger partial charge in [-0.3, -0.25) is 0 Å². The van der Waals surface area contributed by atoms with Crippen molar-refractivity contribution in [3.05, 3.63) is 53.6 Å². The van der Waals surface area contributed by atoms with E-state index in [1.807, 2.05) is 24.3 Å². The maximum atomic E-state index is 10.8. The smallest absolute Gasteiger partial charge is 0.288 e. The van der Waals surface area contributed by atoms with Gasteiger partial charge >= 0.3 is 0 Å². The lowest BCUT2D eigenvalue weighted by Crippen LogP contribution is -2.69. The first-order valence-corrected chi connectivity index (χ1v) is 9.99. The number of aromatic nitrogens is 3. The van der Waals surface area contributed by atoms with Crippen LogP contribution < -0.4 is 4.74 Å². The summed E-state index contributed by atoms with van der Waals surface area (Å²) >= 11 is 0. The second-order valence-electron chi connectivity index (χ2n) is 7.54.